The summed E-state index contributed by atoms with van der Waals surface area (Å²) >= 11 is 0. The molecule has 16 heavy (non-hydrogen) atoms. The highest BCUT2D eigenvalue weighted by Crippen LogP contribution is 2.34. The van der Waals surface area contributed by atoms with Gasteiger partial charge in [0, 0.05) is 0 Å². The van der Waals surface area contributed by atoms with E-state index in [4.69, 9.17) is 5.73 Å². The Hall–Kier alpha value is -1.10. The molecule has 0 atom stereocenters. The molecular formula is C11H21N3O2. The smallest absolute Gasteiger partial charge is 0.236 e. The zero-order valence-corrected chi connectivity index (χ0v) is 9.84. The Morgan fingerprint density at radius 1 is 1.38 bits per heavy atom. The van der Waals surface area contributed by atoms with E-state index >= 15 is 0 Å². The fourth-order valence-electron chi connectivity index (χ4n) is 2.33. The summed E-state index contributed by atoms with van der Waals surface area (Å²) in [6.07, 6.45) is 3.53. The number of piperidine rings is 1. The van der Waals surface area contributed by atoms with Crippen molar-refractivity contribution in [1.82, 2.24) is 10.6 Å². The van der Waals surface area contributed by atoms with Crippen LogP contribution in [0.5, 0.6) is 0 Å². The molecule has 0 radical (unpaired) electrons. The molecule has 1 fully saturated rings. The van der Waals surface area contributed by atoms with Gasteiger partial charge in [-0.15, -0.1) is 0 Å². The monoisotopic (exact) mass is 227 g/mol. The van der Waals surface area contributed by atoms with Gasteiger partial charge in [-0.05, 0) is 32.4 Å². The van der Waals surface area contributed by atoms with E-state index in [1.54, 1.807) is 0 Å². The van der Waals surface area contributed by atoms with E-state index < -0.39 is 5.91 Å². The van der Waals surface area contributed by atoms with Crippen molar-refractivity contribution in [3.05, 3.63) is 0 Å². The summed E-state index contributed by atoms with van der Waals surface area (Å²) in [7, 11) is 0. The van der Waals surface area contributed by atoms with E-state index in [9.17, 15) is 9.59 Å². The second-order valence-corrected chi connectivity index (χ2v) is 4.43. The predicted molar refractivity (Wildman–Crippen MR) is 61.6 cm³/mol. The summed E-state index contributed by atoms with van der Waals surface area (Å²) in [5.74, 6) is -0.511. The zero-order chi connectivity index (χ0) is 12.0. The molecule has 0 aliphatic carbocycles. The summed E-state index contributed by atoms with van der Waals surface area (Å²) < 4.78 is 0. The lowest BCUT2D eigenvalue weighted by Crippen LogP contribution is -2.49. The van der Waals surface area contributed by atoms with Gasteiger partial charge in [0.2, 0.25) is 11.8 Å². The third kappa shape index (κ3) is 3.20. The molecule has 1 saturated heterocycles. The largest absolute Gasteiger partial charge is 0.368 e. The fourth-order valence-corrected chi connectivity index (χ4v) is 2.33. The Labute approximate surface area is 96.1 Å². The Bertz CT molecular complexity index is 254. The Balaban J connectivity index is 2.60. The van der Waals surface area contributed by atoms with Gasteiger partial charge in [0.25, 0.3) is 0 Å². The molecule has 0 bridgehead atoms. The minimum Gasteiger partial charge on any atom is -0.368 e. The second kappa shape index (κ2) is 5.84. The van der Waals surface area contributed by atoms with E-state index in [-0.39, 0.29) is 17.9 Å². The van der Waals surface area contributed by atoms with Crippen LogP contribution in [0.3, 0.4) is 0 Å². The van der Waals surface area contributed by atoms with Crippen LogP contribution >= 0.6 is 0 Å². The summed E-state index contributed by atoms with van der Waals surface area (Å²) in [6.45, 7) is 3.75. The van der Waals surface area contributed by atoms with E-state index in [0.29, 0.717) is 0 Å². The van der Waals surface area contributed by atoms with Crippen LogP contribution in [0, 0.1) is 5.41 Å². The van der Waals surface area contributed by atoms with E-state index in [0.717, 1.165) is 38.8 Å². The quantitative estimate of drug-likeness (QED) is 0.606. The van der Waals surface area contributed by atoms with Crippen molar-refractivity contribution in [2.75, 3.05) is 19.6 Å². The number of primary amides is 1. The average molecular weight is 227 g/mol. The Morgan fingerprint density at radius 3 is 2.50 bits per heavy atom. The predicted octanol–water partition coefficient (Wildman–Crippen LogP) is -0.242. The minimum absolute atomic E-state index is 0.0188. The summed E-state index contributed by atoms with van der Waals surface area (Å²) in [4.78, 5) is 22.7. The van der Waals surface area contributed by atoms with Crippen LogP contribution in [0.2, 0.25) is 0 Å². The third-order valence-corrected chi connectivity index (χ3v) is 3.19. The van der Waals surface area contributed by atoms with Gasteiger partial charge in [0.1, 0.15) is 0 Å². The first kappa shape index (κ1) is 13.0. The summed E-state index contributed by atoms with van der Waals surface area (Å²) in [5.41, 5.74) is 4.73. The molecule has 5 nitrogen and oxygen atoms in total. The lowest BCUT2D eigenvalue weighted by molar-refractivity contribution is -0.134. The first-order valence-corrected chi connectivity index (χ1v) is 5.88. The number of hydrogen-bond acceptors (Lipinski definition) is 3. The third-order valence-electron chi connectivity index (χ3n) is 3.19. The molecule has 0 saturated carbocycles. The zero-order valence-electron chi connectivity index (χ0n) is 9.84. The van der Waals surface area contributed by atoms with E-state index in [1.165, 1.54) is 0 Å². The number of rotatable bonds is 5. The van der Waals surface area contributed by atoms with Crippen molar-refractivity contribution in [3.63, 3.8) is 0 Å². The topological polar surface area (TPSA) is 84.2 Å². The average Bonchev–Trinajstić information content (AvgIpc) is 2.27. The lowest BCUT2D eigenvalue weighted by atomic mass is 9.74. The van der Waals surface area contributed by atoms with Gasteiger partial charge in [0.15, 0.2) is 0 Å². The minimum atomic E-state index is -0.492. The molecule has 2 amide bonds. The molecule has 1 heterocycles. The van der Waals surface area contributed by atoms with E-state index in [2.05, 4.69) is 17.6 Å². The molecule has 1 aliphatic heterocycles. The van der Waals surface area contributed by atoms with Gasteiger partial charge in [-0.3, -0.25) is 9.59 Å². The molecule has 5 heteroatoms. The van der Waals surface area contributed by atoms with E-state index in [1.807, 2.05) is 0 Å². The lowest BCUT2D eigenvalue weighted by Gasteiger charge is -2.36. The van der Waals surface area contributed by atoms with Gasteiger partial charge >= 0.3 is 0 Å². The highest BCUT2D eigenvalue weighted by molar-refractivity contribution is 5.87. The maximum Gasteiger partial charge on any atom is 0.236 e. The van der Waals surface area contributed by atoms with Gasteiger partial charge in [-0.1, -0.05) is 13.3 Å². The Kier molecular flexibility index (Phi) is 4.73. The first-order valence-electron chi connectivity index (χ1n) is 5.88. The highest BCUT2D eigenvalue weighted by atomic mass is 16.2. The van der Waals surface area contributed by atoms with Gasteiger partial charge in [-0.2, -0.15) is 0 Å². The number of hydrogen-bond donors (Lipinski definition) is 3. The SMILES string of the molecule is CCCC1(C(=O)NCC(N)=O)CCNCC1. The molecule has 0 unspecified atom stereocenters. The number of nitrogens with one attached hydrogen (secondary N) is 2. The van der Waals surface area contributed by atoms with Crippen molar-refractivity contribution in [1.29, 1.82) is 0 Å². The maximum absolute atomic E-state index is 12.1. The maximum atomic E-state index is 12.1. The van der Waals surface area contributed by atoms with Crippen molar-refractivity contribution >= 4 is 11.8 Å². The van der Waals surface area contributed by atoms with Crippen LogP contribution in [0.15, 0.2) is 0 Å². The standard InChI is InChI=1S/C11H21N3O2/c1-2-3-11(4-6-13-7-5-11)10(16)14-8-9(12)15/h13H,2-8H2,1H3,(H2,12,15)(H,14,16). The summed E-state index contributed by atoms with van der Waals surface area (Å²) in [5, 5.41) is 5.88. The molecule has 0 spiro atoms. The first-order chi connectivity index (χ1) is 7.60. The number of amides is 2. The van der Waals surface area contributed by atoms with Crippen LogP contribution in [-0.4, -0.2) is 31.4 Å². The van der Waals surface area contributed by atoms with Crippen molar-refractivity contribution in [3.8, 4) is 0 Å². The van der Waals surface area contributed by atoms with Crippen molar-refractivity contribution in [2.24, 2.45) is 11.1 Å². The normalized spacial score (nSPS) is 19.1. The molecule has 0 aromatic carbocycles. The molecular weight excluding hydrogens is 206 g/mol. The van der Waals surface area contributed by atoms with Crippen molar-refractivity contribution in [2.45, 2.75) is 32.6 Å². The molecule has 1 rings (SSSR count). The molecule has 92 valence electrons. The molecule has 1 aliphatic rings. The van der Waals surface area contributed by atoms with Crippen LogP contribution in [0.25, 0.3) is 0 Å². The molecule has 0 aromatic rings. The van der Waals surface area contributed by atoms with Gasteiger partial charge in [-0.25, -0.2) is 0 Å². The Morgan fingerprint density at radius 2 is 2.00 bits per heavy atom. The number of nitrogens with two attached hydrogens (primary N) is 1. The van der Waals surface area contributed by atoms with Gasteiger partial charge < -0.3 is 16.4 Å². The van der Waals surface area contributed by atoms with Crippen LogP contribution in [0.1, 0.15) is 32.6 Å². The fraction of sp³-hybridized carbons (Fsp3) is 0.818. The van der Waals surface area contributed by atoms with Gasteiger partial charge in [0.05, 0.1) is 12.0 Å². The van der Waals surface area contributed by atoms with Crippen LogP contribution in [0.4, 0.5) is 0 Å². The second-order valence-electron chi connectivity index (χ2n) is 4.43. The highest BCUT2D eigenvalue weighted by Gasteiger charge is 2.38. The summed E-state index contributed by atoms with van der Waals surface area (Å²) in [6, 6.07) is 0. The number of carbonyl (C=O) groups is 2. The van der Waals surface area contributed by atoms with Crippen LogP contribution < -0.4 is 16.4 Å². The molecule has 4 N–H and O–H groups in total. The van der Waals surface area contributed by atoms with Crippen LogP contribution in [-0.2, 0) is 9.59 Å². The number of carbonyl (C=O) groups excluding carboxylic acids is 2. The van der Waals surface area contributed by atoms with Crippen molar-refractivity contribution < 1.29 is 9.59 Å². The molecule has 0 aromatic heterocycles.